The van der Waals surface area contributed by atoms with E-state index in [0.717, 1.165) is 11.3 Å². The second kappa shape index (κ2) is 7.98. The van der Waals surface area contributed by atoms with Gasteiger partial charge in [-0.05, 0) is 29.7 Å². The van der Waals surface area contributed by atoms with Gasteiger partial charge in [-0.3, -0.25) is 4.79 Å². The average molecular weight is 295 g/mol. The minimum atomic E-state index is -0.386. The van der Waals surface area contributed by atoms with Crippen LogP contribution in [-0.4, -0.2) is 25.0 Å². The van der Waals surface area contributed by atoms with Crippen LogP contribution >= 0.6 is 0 Å². The molecule has 5 heteroatoms. The Balaban J connectivity index is 3.06. The smallest absolute Gasteiger partial charge is 0.236 e. The molecule has 21 heavy (non-hydrogen) atoms. The zero-order chi connectivity index (χ0) is 16.0. The quantitative estimate of drug-likeness (QED) is 0.773. The average Bonchev–Trinajstić information content (AvgIpc) is 2.34. The molecule has 118 valence electrons. The number of hydrogen-bond donors (Lipinski definition) is 2. The Bertz CT molecular complexity index is 475. The summed E-state index contributed by atoms with van der Waals surface area (Å²) in [4.78, 5) is 13.2. The fourth-order valence-corrected chi connectivity index (χ4v) is 2.20. The van der Waals surface area contributed by atoms with Crippen LogP contribution in [0.2, 0.25) is 0 Å². The number of halogens is 1. The van der Waals surface area contributed by atoms with Gasteiger partial charge in [0, 0.05) is 24.8 Å². The SMILES string of the molecule is CC(C)CN(CC(N)=O)c1ccc(F)cc1CNC(C)C. The molecule has 1 aromatic rings. The van der Waals surface area contributed by atoms with Gasteiger partial charge in [-0.2, -0.15) is 0 Å². The fraction of sp³-hybridized carbons (Fsp3) is 0.562. The van der Waals surface area contributed by atoms with E-state index in [2.05, 4.69) is 19.2 Å². The van der Waals surface area contributed by atoms with Crippen LogP contribution in [0, 0.1) is 11.7 Å². The monoisotopic (exact) mass is 295 g/mol. The Morgan fingerprint density at radius 1 is 1.33 bits per heavy atom. The van der Waals surface area contributed by atoms with Gasteiger partial charge in [-0.15, -0.1) is 0 Å². The van der Waals surface area contributed by atoms with Gasteiger partial charge in [0.1, 0.15) is 5.82 Å². The van der Waals surface area contributed by atoms with Crippen LogP contribution in [0.25, 0.3) is 0 Å². The lowest BCUT2D eigenvalue weighted by molar-refractivity contribution is -0.116. The highest BCUT2D eigenvalue weighted by molar-refractivity contribution is 5.80. The molecule has 0 aliphatic heterocycles. The van der Waals surface area contributed by atoms with Gasteiger partial charge < -0.3 is 16.0 Å². The van der Waals surface area contributed by atoms with Crippen LogP contribution in [0.3, 0.4) is 0 Å². The second-order valence-corrected chi connectivity index (χ2v) is 6.05. The summed E-state index contributed by atoms with van der Waals surface area (Å²) in [5.74, 6) is -0.286. The number of carbonyl (C=O) groups is 1. The molecular formula is C16H26FN3O. The van der Waals surface area contributed by atoms with Gasteiger partial charge in [-0.1, -0.05) is 27.7 Å². The first kappa shape index (κ1) is 17.4. The maximum atomic E-state index is 13.5. The Kier molecular flexibility index (Phi) is 6.62. The molecule has 0 bridgehead atoms. The Morgan fingerprint density at radius 2 is 2.00 bits per heavy atom. The highest BCUT2D eigenvalue weighted by Crippen LogP contribution is 2.23. The van der Waals surface area contributed by atoms with Crippen molar-refractivity contribution in [2.24, 2.45) is 11.7 Å². The number of rotatable bonds is 8. The first-order chi connectivity index (χ1) is 9.79. The summed E-state index contributed by atoms with van der Waals surface area (Å²) in [5.41, 5.74) is 7.04. The molecular weight excluding hydrogens is 269 g/mol. The lowest BCUT2D eigenvalue weighted by Crippen LogP contribution is -2.37. The van der Waals surface area contributed by atoms with E-state index in [4.69, 9.17) is 5.73 Å². The molecule has 0 atom stereocenters. The van der Waals surface area contributed by atoms with Crippen LogP contribution in [-0.2, 0) is 11.3 Å². The first-order valence-electron chi connectivity index (χ1n) is 7.34. The predicted octanol–water partition coefficient (Wildman–Crippen LogP) is 2.27. The Labute approximate surface area is 126 Å². The van der Waals surface area contributed by atoms with E-state index in [-0.39, 0.29) is 18.3 Å². The van der Waals surface area contributed by atoms with Crippen molar-refractivity contribution in [3.63, 3.8) is 0 Å². The highest BCUT2D eigenvalue weighted by atomic mass is 19.1. The van der Waals surface area contributed by atoms with E-state index >= 15 is 0 Å². The van der Waals surface area contributed by atoms with Gasteiger partial charge in [-0.25, -0.2) is 4.39 Å². The molecule has 0 fully saturated rings. The summed E-state index contributed by atoms with van der Waals surface area (Å²) in [7, 11) is 0. The molecule has 0 unspecified atom stereocenters. The van der Waals surface area contributed by atoms with Gasteiger partial charge in [0.05, 0.1) is 6.54 Å². The minimum absolute atomic E-state index is 0.137. The van der Waals surface area contributed by atoms with Gasteiger partial charge in [0.15, 0.2) is 0 Å². The summed E-state index contributed by atoms with van der Waals surface area (Å²) in [6.07, 6.45) is 0. The van der Waals surface area contributed by atoms with Crippen molar-refractivity contribution in [1.29, 1.82) is 0 Å². The summed E-state index contributed by atoms with van der Waals surface area (Å²) >= 11 is 0. The van der Waals surface area contributed by atoms with Crippen LogP contribution in [0.1, 0.15) is 33.3 Å². The van der Waals surface area contributed by atoms with Crippen molar-refractivity contribution in [2.75, 3.05) is 18.0 Å². The molecule has 1 amide bonds. The zero-order valence-electron chi connectivity index (χ0n) is 13.3. The van der Waals surface area contributed by atoms with E-state index < -0.39 is 0 Å². The topological polar surface area (TPSA) is 58.4 Å². The number of anilines is 1. The molecule has 0 radical (unpaired) electrons. The van der Waals surface area contributed by atoms with Gasteiger partial charge in [0.2, 0.25) is 5.91 Å². The standard InChI is InChI=1S/C16H26FN3O/c1-11(2)9-20(10-16(18)21)15-6-5-14(17)7-13(15)8-19-12(3)4/h5-7,11-12,19H,8-10H2,1-4H3,(H2,18,21). The fourth-order valence-electron chi connectivity index (χ4n) is 2.20. The number of hydrogen-bond acceptors (Lipinski definition) is 3. The molecule has 0 aliphatic rings. The van der Waals surface area contributed by atoms with Crippen LogP contribution < -0.4 is 16.0 Å². The van der Waals surface area contributed by atoms with Crippen LogP contribution in [0.5, 0.6) is 0 Å². The molecule has 1 rings (SSSR count). The van der Waals surface area contributed by atoms with E-state index in [0.29, 0.717) is 25.0 Å². The minimum Gasteiger partial charge on any atom is -0.368 e. The van der Waals surface area contributed by atoms with E-state index in [1.165, 1.54) is 12.1 Å². The van der Waals surface area contributed by atoms with Crippen LogP contribution in [0.4, 0.5) is 10.1 Å². The number of primary amides is 1. The maximum Gasteiger partial charge on any atom is 0.236 e. The van der Waals surface area contributed by atoms with Gasteiger partial charge >= 0.3 is 0 Å². The number of carbonyl (C=O) groups excluding carboxylic acids is 1. The van der Waals surface area contributed by atoms with Crippen LogP contribution in [0.15, 0.2) is 18.2 Å². The molecule has 0 spiro atoms. The number of benzene rings is 1. The van der Waals surface area contributed by atoms with Gasteiger partial charge in [0.25, 0.3) is 0 Å². The molecule has 3 N–H and O–H groups in total. The van der Waals surface area contributed by atoms with Crippen molar-refractivity contribution in [3.05, 3.63) is 29.6 Å². The molecule has 4 nitrogen and oxygen atoms in total. The van der Waals surface area contributed by atoms with E-state index in [1.807, 2.05) is 18.7 Å². The summed E-state index contributed by atoms with van der Waals surface area (Å²) in [5, 5.41) is 3.28. The molecule has 0 heterocycles. The molecule has 0 saturated heterocycles. The maximum absolute atomic E-state index is 13.5. The Hall–Kier alpha value is -1.62. The van der Waals surface area contributed by atoms with Crippen molar-refractivity contribution in [3.8, 4) is 0 Å². The summed E-state index contributed by atoms with van der Waals surface area (Å²) in [6.45, 7) is 9.61. The third-order valence-electron chi connectivity index (χ3n) is 3.02. The molecule has 0 saturated carbocycles. The lowest BCUT2D eigenvalue weighted by Gasteiger charge is -2.28. The molecule has 1 aromatic carbocycles. The zero-order valence-corrected chi connectivity index (χ0v) is 13.3. The second-order valence-electron chi connectivity index (χ2n) is 6.05. The number of nitrogens with two attached hydrogens (primary N) is 1. The summed E-state index contributed by atoms with van der Waals surface area (Å²) in [6, 6.07) is 4.95. The normalized spacial score (nSPS) is 11.2. The largest absolute Gasteiger partial charge is 0.368 e. The first-order valence-corrected chi connectivity index (χ1v) is 7.34. The number of amides is 1. The predicted molar refractivity (Wildman–Crippen MR) is 84.6 cm³/mol. The third-order valence-corrected chi connectivity index (χ3v) is 3.02. The van der Waals surface area contributed by atoms with Crippen molar-refractivity contribution in [1.82, 2.24) is 5.32 Å². The molecule has 0 aliphatic carbocycles. The number of nitrogens with zero attached hydrogens (tertiary/aromatic N) is 1. The van der Waals surface area contributed by atoms with E-state index in [1.54, 1.807) is 6.07 Å². The molecule has 0 aromatic heterocycles. The number of nitrogens with one attached hydrogen (secondary N) is 1. The van der Waals surface area contributed by atoms with Crippen molar-refractivity contribution in [2.45, 2.75) is 40.3 Å². The summed E-state index contributed by atoms with van der Waals surface area (Å²) < 4.78 is 13.5. The Morgan fingerprint density at radius 3 is 2.52 bits per heavy atom. The third kappa shape index (κ3) is 6.12. The highest BCUT2D eigenvalue weighted by Gasteiger charge is 2.15. The van der Waals surface area contributed by atoms with E-state index in [9.17, 15) is 9.18 Å². The van der Waals surface area contributed by atoms with Crippen molar-refractivity contribution < 1.29 is 9.18 Å². The lowest BCUT2D eigenvalue weighted by atomic mass is 10.1. The van der Waals surface area contributed by atoms with Crippen molar-refractivity contribution >= 4 is 11.6 Å².